The minimum Gasteiger partial charge on any atom is -0.496 e. The summed E-state index contributed by atoms with van der Waals surface area (Å²) in [5, 5.41) is 5.79. The highest BCUT2D eigenvalue weighted by atomic mass is 16.5. The Labute approximate surface area is 207 Å². The highest BCUT2D eigenvalue weighted by Crippen LogP contribution is 2.31. The van der Waals surface area contributed by atoms with Crippen molar-refractivity contribution in [1.82, 2.24) is 20.0 Å². The number of aromatic amines is 1. The Morgan fingerprint density at radius 1 is 0.889 bits per heavy atom. The molecule has 1 aliphatic rings. The van der Waals surface area contributed by atoms with Crippen LogP contribution in [0.5, 0.6) is 5.75 Å². The van der Waals surface area contributed by atoms with Gasteiger partial charge in [0.1, 0.15) is 11.4 Å². The Hall–Kier alpha value is -4.85. The molecule has 0 atom stereocenters. The van der Waals surface area contributed by atoms with Gasteiger partial charge in [0.2, 0.25) is 0 Å². The summed E-state index contributed by atoms with van der Waals surface area (Å²) in [6, 6.07) is 23.5. The van der Waals surface area contributed by atoms with Crippen molar-refractivity contribution in [1.29, 1.82) is 0 Å². The summed E-state index contributed by atoms with van der Waals surface area (Å²) in [5.41, 5.74) is 3.52. The lowest BCUT2D eigenvalue weighted by atomic mass is 10.1. The largest absolute Gasteiger partial charge is 0.496 e. The fourth-order valence-corrected chi connectivity index (χ4v) is 4.14. The van der Waals surface area contributed by atoms with Crippen LogP contribution in [0.2, 0.25) is 0 Å². The molecule has 0 saturated carbocycles. The maximum absolute atomic E-state index is 13.6. The number of imide groups is 1. The second-order valence-corrected chi connectivity index (χ2v) is 8.44. The number of urea groups is 1. The molecule has 0 aliphatic carbocycles. The minimum absolute atomic E-state index is 0.0271. The van der Waals surface area contributed by atoms with Gasteiger partial charge in [0, 0.05) is 5.56 Å². The van der Waals surface area contributed by atoms with Crippen molar-refractivity contribution in [2.24, 2.45) is 0 Å². The molecule has 1 aliphatic heterocycles. The van der Waals surface area contributed by atoms with Crippen LogP contribution in [-0.4, -0.2) is 33.7 Å². The molecule has 1 aromatic heterocycles. The van der Waals surface area contributed by atoms with Gasteiger partial charge in [-0.05, 0) is 42.8 Å². The molecule has 3 amide bonds. The van der Waals surface area contributed by atoms with E-state index in [1.807, 2.05) is 79.7 Å². The molecule has 3 aromatic carbocycles. The van der Waals surface area contributed by atoms with Crippen molar-refractivity contribution >= 4 is 18.0 Å². The smallest absolute Gasteiger partial charge is 0.329 e. The number of hydrogen-bond donors (Lipinski definition) is 2. The Morgan fingerprint density at radius 3 is 2.31 bits per heavy atom. The molecule has 0 bridgehead atoms. The SMILES string of the molecule is COc1ccccc1-c1[nH]n(-c2ccc(C)cc2)c(=O)c1/C=C1\NC(=O)N(Cc2ccccc2)C1=O. The zero-order valence-electron chi connectivity index (χ0n) is 19.8. The number of amides is 3. The fraction of sp³-hybridized carbons (Fsp3) is 0.107. The first-order valence-electron chi connectivity index (χ1n) is 11.4. The summed E-state index contributed by atoms with van der Waals surface area (Å²) < 4.78 is 6.93. The average molecular weight is 481 g/mol. The van der Waals surface area contributed by atoms with Crippen LogP contribution in [-0.2, 0) is 11.3 Å². The number of methoxy groups -OCH3 is 1. The van der Waals surface area contributed by atoms with E-state index >= 15 is 0 Å². The topological polar surface area (TPSA) is 96.4 Å². The van der Waals surface area contributed by atoms with Crippen LogP contribution in [0.3, 0.4) is 0 Å². The van der Waals surface area contributed by atoms with E-state index < -0.39 is 11.9 Å². The molecular formula is C28H24N4O4. The van der Waals surface area contributed by atoms with E-state index in [2.05, 4.69) is 10.4 Å². The lowest BCUT2D eigenvalue weighted by molar-refractivity contribution is -0.123. The number of nitrogens with zero attached hydrogens (tertiary/aromatic N) is 2. The molecule has 4 aromatic rings. The van der Waals surface area contributed by atoms with Gasteiger partial charge in [-0.25, -0.2) is 9.48 Å². The normalized spacial score (nSPS) is 14.4. The monoisotopic (exact) mass is 480 g/mol. The van der Waals surface area contributed by atoms with Crippen LogP contribution in [0.4, 0.5) is 4.79 Å². The van der Waals surface area contributed by atoms with Crippen LogP contribution in [0.1, 0.15) is 16.7 Å². The summed E-state index contributed by atoms with van der Waals surface area (Å²) in [5.74, 6) is 0.0549. The molecule has 0 unspecified atom stereocenters. The summed E-state index contributed by atoms with van der Waals surface area (Å²) >= 11 is 0. The van der Waals surface area contributed by atoms with E-state index in [1.165, 1.54) is 10.8 Å². The number of benzene rings is 3. The molecule has 2 N–H and O–H groups in total. The lowest BCUT2D eigenvalue weighted by Crippen LogP contribution is -2.30. The van der Waals surface area contributed by atoms with Crippen molar-refractivity contribution in [2.75, 3.05) is 7.11 Å². The number of aryl methyl sites for hydroxylation is 1. The van der Waals surface area contributed by atoms with E-state index in [-0.39, 0.29) is 23.4 Å². The third-order valence-electron chi connectivity index (χ3n) is 6.03. The Bertz CT molecular complexity index is 1530. The van der Waals surface area contributed by atoms with E-state index in [9.17, 15) is 14.4 Å². The zero-order chi connectivity index (χ0) is 25.2. The number of H-pyrrole nitrogens is 1. The predicted octanol–water partition coefficient (Wildman–Crippen LogP) is 4.24. The molecule has 8 heteroatoms. The Morgan fingerprint density at radius 2 is 1.58 bits per heavy atom. The van der Waals surface area contributed by atoms with Crippen LogP contribution in [0.15, 0.2) is 89.4 Å². The third kappa shape index (κ3) is 4.20. The van der Waals surface area contributed by atoms with Crippen molar-refractivity contribution in [3.05, 3.63) is 112 Å². The first kappa shape index (κ1) is 22.9. The summed E-state index contributed by atoms with van der Waals surface area (Å²) in [7, 11) is 1.55. The molecule has 0 radical (unpaired) electrons. The van der Waals surface area contributed by atoms with Gasteiger partial charge in [0.15, 0.2) is 0 Å². The quantitative estimate of drug-likeness (QED) is 0.319. The molecule has 180 valence electrons. The molecule has 36 heavy (non-hydrogen) atoms. The summed E-state index contributed by atoms with van der Waals surface area (Å²) in [6.07, 6.45) is 1.43. The molecular weight excluding hydrogens is 456 g/mol. The number of carbonyl (C=O) groups is 2. The van der Waals surface area contributed by atoms with E-state index in [0.29, 0.717) is 22.7 Å². The highest BCUT2D eigenvalue weighted by Gasteiger charge is 2.34. The van der Waals surface area contributed by atoms with Gasteiger partial charge in [0.05, 0.1) is 30.6 Å². The number of hydrogen-bond acceptors (Lipinski definition) is 4. The van der Waals surface area contributed by atoms with Crippen molar-refractivity contribution in [3.8, 4) is 22.7 Å². The van der Waals surface area contributed by atoms with Crippen LogP contribution in [0.25, 0.3) is 23.0 Å². The second kappa shape index (κ2) is 9.42. The lowest BCUT2D eigenvalue weighted by Gasteiger charge is -2.11. The van der Waals surface area contributed by atoms with E-state index in [1.54, 1.807) is 13.2 Å². The van der Waals surface area contributed by atoms with Crippen LogP contribution < -0.4 is 15.6 Å². The van der Waals surface area contributed by atoms with Gasteiger partial charge in [-0.2, -0.15) is 0 Å². The molecule has 1 fully saturated rings. The zero-order valence-corrected chi connectivity index (χ0v) is 19.8. The number of aromatic nitrogens is 2. The molecule has 2 heterocycles. The van der Waals surface area contributed by atoms with Gasteiger partial charge >= 0.3 is 6.03 Å². The molecule has 1 saturated heterocycles. The van der Waals surface area contributed by atoms with Gasteiger partial charge in [-0.15, -0.1) is 0 Å². The predicted molar refractivity (Wildman–Crippen MR) is 137 cm³/mol. The van der Waals surface area contributed by atoms with E-state index in [0.717, 1.165) is 16.0 Å². The first-order valence-corrected chi connectivity index (χ1v) is 11.4. The van der Waals surface area contributed by atoms with Crippen molar-refractivity contribution < 1.29 is 14.3 Å². The van der Waals surface area contributed by atoms with Crippen molar-refractivity contribution in [2.45, 2.75) is 13.5 Å². The second-order valence-electron chi connectivity index (χ2n) is 8.44. The fourth-order valence-electron chi connectivity index (χ4n) is 4.14. The Balaban J connectivity index is 1.61. The standard InChI is InChI=1S/C28H24N4O4/c1-18-12-14-20(15-13-18)32-26(33)22(25(30-32)21-10-6-7-11-24(21)36-2)16-23-27(34)31(28(35)29-23)17-19-8-4-3-5-9-19/h3-16,30H,17H2,1-2H3,(H,29,35)/b23-16-. The number of rotatable bonds is 6. The molecule has 8 nitrogen and oxygen atoms in total. The van der Waals surface area contributed by atoms with Gasteiger partial charge in [-0.1, -0.05) is 60.2 Å². The van der Waals surface area contributed by atoms with E-state index in [4.69, 9.17) is 4.74 Å². The first-order chi connectivity index (χ1) is 17.5. The van der Waals surface area contributed by atoms with Crippen molar-refractivity contribution in [3.63, 3.8) is 0 Å². The van der Waals surface area contributed by atoms with Gasteiger partial charge in [-0.3, -0.25) is 19.6 Å². The summed E-state index contributed by atoms with van der Waals surface area (Å²) in [6.45, 7) is 2.09. The number of carbonyl (C=O) groups excluding carboxylic acids is 2. The number of nitrogens with one attached hydrogen (secondary N) is 2. The number of para-hydroxylation sites is 1. The van der Waals surface area contributed by atoms with Crippen LogP contribution in [0, 0.1) is 6.92 Å². The molecule has 5 rings (SSSR count). The van der Waals surface area contributed by atoms with Gasteiger partial charge in [0.25, 0.3) is 11.5 Å². The number of ether oxygens (including phenoxy) is 1. The molecule has 0 spiro atoms. The van der Waals surface area contributed by atoms with Crippen LogP contribution >= 0.6 is 0 Å². The Kier molecular flexibility index (Phi) is 6.00. The minimum atomic E-state index is -0.539. The summed E-state index contributed by atoms with van der Waals surface area (Å²) in [4.78, 5) is 40.5. The average Bonchev–Trinajstić information content (AvgIpc) is 3.36. The third-order valence-corrected chi connectivity index (χ3v) is 6.03. The maximum Gasteiger partial charge on any atom is 0.329 e. The maximum atomic E-state index is 13.6. The van der Waals surface area contributed by atoms with Gasteiger partial charge < -0.3 is 10.1 Å². The highest BCUT2D eigenvalue weighted by molar-refractivity contribution is 6.14.